The van der Waals surface area contributed by atoms with Crippen molar-refractivity contribution in [1.82, 2.24) is 10.6 Å². The van der Waals surface area contributed by atoms with Crippen LogP contribution in [0.1, 0.15) is 30.4 Å². The number of carbonyl (C=O) groups is 2. The van der Waals surface area contributed by atoms with Gasteiger partial charge in [0.25, 0.3) is 0 Å². The summed E-state index contributed by atoms with van der Waals surface area (Å²) in [6, 6.07) is 6.12. The van der Waals surface area contributed by atoms with Gasteiger partial charge in [-0.1, -0.05) is 6.07 Å². The molecule has 5 nitrogen and oxygen atoms in total. The van der Waals surface area contributed by atoms with E-state index in [1.165, 1.54) is 0 Å². The number of benzene rings is 1. The fraction of sp³-hybridized carbons (Fsp3) is 0.579. The van der Waals surface area contributed by atoms with Gasteiger partial charge in [-0.05, 0) is 75.4 Å². The van der Waals surface area contributed by atoms with E-state index in [0.29, 0.717) is 25.4 Å². The Morgan fingerprint density at radius 2 is 2.00 bits per heavy atom. The van der Waals surface area contributed by atoms with E-state index in [1.807, 2.05) is 26.0 Å². The average molecular weight is 329 g/mol. The molecule has 0 bridgehead atoms. The van der Waals surface area contributed by atoms with Crippen molar-refractivity contribution in [2.75, 3.05) is 31.1 Å². The minimum absolute atomic E-state index is 0.0701. The van der Waals surface area contributed by atoms with Crippen LogP contribution in [0.3, 0.4) is 0 Å². The van der Waals surface area contributed by atoms with Crippen molar-refractivity contribution in [3.63, 3.8) is 0 Å². The summed E-state index contributed by atoms with van der Waals surface area (Å²) in [6.45, 7) is 7.35. The third-order valence-corrected chi connectivity index (χ3v) is 5.00. The number of hydrogen-bond donors (Lipinski definition) is 2. The first-order valence-corrected chi connectivity index (χ1v) is 8.92. The molecule has 1 aromatic rings. The maximum Gasteiger partial charge on any atom is 0.239 e. The van der Waals surface area contributed by atoms with Gasteiger partial charge in [-0.3, -0.25) is 9.59 Å². The molecule has 0 radical (unpaired) electrons. The fourth-order valence-corrected chi connectivity index (χ4v) is 3.75. The van der Waals surface area contributed by atoms with E-state index < -0.39 is 5.92 Å². The highest BCUT2D eigenvalue weighted by Gasteiger charge is 2.37. The lowest BCUT2D eigenvalue weighted by Crippen LogP contribution is -2.42. The second-order valence-electron chi connectivity index (χ2n) is 7.13. The number of nitrogens with zero attached hydrogens (tertiary/aromatic N) is 1. The van der Waals surface area contributed by atoms with Gasteiger partial charge in [-0.15, -0.1) is 0 Å². The van der Waals surface area contributed by atoms with Gasteiger partial charge in [0.1, 0.15) is 5.92 Å². The van der Waals surface area contributed by atoms with Gasteiger partial charge >= 0.3 is 0 Å². The molecule has 24 heavy (non-hydrogen) atoms. The molecule has 2 unspecified atom stereocenters. The Bertz CT molecular complexity index is 603. The van der Waals surface area contributed by atoms with E-state index in [4.69, 9.17) is 0 Å². The molecular weight excluding hydrogens is 302 g/mol. The van der Waals surface area contributed by atoms with Gasteiger partial charge < -0.3 is 15.5 Å². The highest BCUT2D eigenvalue weighted by molar-refractivity contribution is 6.09. The molecule has 5 heteroatoms. The quantitative estimate of drug-likeness (QED) is 0.828. The molecule has 1 aromatic carbocycles. The zero-order valence-electron chi connectivity index (χ0n) is 14.6. The minimum Gasteiger partial charge on any atom is -0.355 e. The summed E-state index contributed by atoms with van der Waals surface area (Å²) in [6.07, 6.45) is 2.89. The molecule has 2 fully saturated rings. The molecule has 2 N–H and O–H groups in total. The fourth-order valence-electron chi connectivity index (χ4n) is 3.75. The van der Waals surface area contributed by atoms with Gasteiger partial charge in [-0.2, -0.15) is 0 Å². The van der Waals surface area contributed by atoms with Crippen molar-refractivity contribution < 1.29 is 9.59 Å². The molecule has 2 aliphatic heterocycles. The van der Waals surface area contributed by atoms with Gasteiger partial charge in [0, 0.05) is 18.8 Å². The third kappa shape index (κ3) is 3.78. The molecule has 0 aromatic heterocycles. The summed E-state index contributed by atoms with van der Waals surface area (Å²) < 4.78 is 0. The monoisotopic (exact) mass is 329 g/mol. The van der Waals surface area contributed by atoms with Crippen molar-refractivity contribution >= 4 is 17.5 Å². The van der Waals surface area contributed by atoms with Gasteiger partial charge in [0.05, 0.1) is 0 Å². The van der Waals surface area contributed by atoms with Crippen LogP contribution in [0.15, 0.2) is 18.2 Å². The number of piperidine rings is 1. The Morgan fingerprint density at radius 1 is 1.25 bits per heavy atom. The van der Waals surface area contributed by atoms with Crippen LogP contribution < -0.4 is 15.5 Å². The maximum absolute atomic E-state index is 12.7. The van der Waals surface area contributed by atoms with Crippen LogP contribution in [0.4, 0.5) is 5.69 Å². The zero-order valence-corrected chi connectivity index (χ0v) is 14.6. The van der Waals surface area contributed by atoms with E-state index in [1.54, 1.807) is 4.90 Å². The number of amides is 2. The predicted octanol–water partition coefficient (Wildman–Crippen LogP) is 1.77. The molecule has 2 saturated heterocycles. The van der Waals surface area contributed by atoms with E-state index in [0.717, 1.165) is 42.7 Å². The molecule has 0 saturated carbocycles. The van der Waals surface area contributed by atoms with Crippen LogP contribution in [-0.2, 0) is 9.59 Å². The first kappa shape index (κ1) is 17.0. The Morgan fingerprint density at radius 3 is 2.67 bits per heavy atom. The number of nitrogens with one attached hydrogen (secondary N) is 2. The SMILES string of the molecule is Cc1cc(C)cc(N2CCC(C(=O)NCC3CCCNC3)C2=O)c1. The van der Waals surface area contributed by atoms with Crippen LogP contribution in [-0.4, -0.2) is 38.0 Å². The van der Waals surface area contributed by atoms with Crippen LogP contribution in [0.5, 0.6) is 0 Å². The van der Waals surface area contributed by atoms with E-state index in [-0.39, 0.29) is 11.8 Å². The Balaban J connectivity index is 1.59. The molecule has 2 amide bonds. The summed E-state index contributed by atoms with van der Waals surface area (Å²) in [5.41, 5.74) is 3.18. The van der Waals surface area contributed by atoms with Gasteiger partial charge in [0.2, 0.25) is 11.8 Å². The van der Waals surface area contributed by atoms with E-state index in [2.05, 4.69) is 16.7 Å². The molecule has 0 spiro atoms. The molecule has 0 aliphatic carbocycles. The first-order chi connectivity index (χ1) is 11.5. The van der Waals surface area contributed by atoms with Crippen molar-refractivity contribution in [3.8, 4) is 0 Å². The van der Waals surface area contributed by atoms with Crippen LogP contribution in [0, 0.1) is 25.7 Å². The number of hydrogen-bond acceptors (Lipinski definition) is 3. The minimum atomic E-state index is -0.539. The second kappa shape index (κ2) is 7.34. The van der Waals surface area contributed by atoms with Crippen molar-refractivity contribution in [3.05, 3.63) is 29.3 Å². The van der Waals surface area contributed by atoms with Crippen molar-refractivity contribution in [2.45, 2.75) is 33.1 Å². The Labute approximate surface area is 143 Å². The number of rotatable bonds is 4. The third-order valence-electron chi connectivity index (χ3n) is 5.00. The topological polar surface area (TPSA) is 61.4 Å². The number of anilines is 1. The van der Waals surface area contributed by atoms with E-state index in [9.17, 15) is 9.59 Å². The standard InChI is InChI=1S/C19H27N3O2/c1-13-8-14(2)10-16(9-13)22-7-5-17(19(22)24)18(23)21-12-15-4-3-6-20-11-15/h8-10,15,17,20H,3-7,11-12H2,1-2H3,(H,21,23). The lowest BCUT2D eigenvalue weighted by Gasteiger charge is -2.23. The predicted molar refractivity (Wildman–Crippen MR) is 95.0 cm³/mol. The van der Waals surface area contributed by atoms with Crippen molar-refractivity contribution in [1.29, 1.82) is 0 Å². The lowest BCUT2D eigenvalue weighted by molar-refractivity contribution is -0.132. The van der Waals surface area contributed by atoms with Gasteiger partial charge in [-0.25, -0.2) is 0 Å². The highest BCUT2D eigenvalue weighted by atomic mass is 16.2. The number of aryl methyl sites for hydroxylation is 2. The maximum atomic E-state index is 12.7. The molecule has 2 aliphatic rings. The van der Waals surface area contributed by atoms with E-state index >= 15 is 0 Å². The molecule has 2 heterocycles. The highest BCUT2D eigenvalue weighted by Crippen LogP contribution is 2.27. The second-order valence-corrected chi connectivity index (χ2v) is 7.13. The lowest BCUT2D eigenvalue weighted by atomic mass is 9.99. The number of carbonyl (C=O) groups excluding carboxylic acids is 2. The summed E-state index contributed by atoms with van der Waals surface area (Å²) in [5.74, 6) is -0.242. The summed E-state index contributed by atoms with van der Waals surface area (Å²) in [4.78, 5) is 26.9. The summed E-state index contributed by atoms with van der Waals surface area (Å²) in [5, 5.41) is 6.34. The Kier molecular flexibility index (Phi) is 5.19. The van der Waals surface area contributed by atoms with Gasteiger partial charge in [0.15, 0.2) is 0 Å². The molecular formula is C19H27N3O2. The van der Waals surface area contributed by atoms with Crippen LogP contribution >= 0.6 is 0 Å². The Hall–Kier alpha value is -1.88. The van der Waals surface area contributed by atoms with Crippen molar-refractivity contribution in [2.24, 2.45) is 11.8 Å². The van der Waals surface area contributed by atoms with Crippen LogP contribution in [0.2, 0.25) is 0 Å². The van der Waals surface area contributed by atoms with Crippen LogP contribution in [0.25, 0.3) is 0 Å². The first-order valence-electron chi connectivity index (χ1n) is 8.92. The normalized spacial score (nSPS) is 24.2. The zero-order chi connectivity index (χ0) is 17.1. The summed E-state index contributed by atoms with van der Waals surface area (Å²) in [7, 11) is 0. The smallest absolute Gasteiger partial charge is 0.239 e. The molecule has 2 atom stereocenters. The average Bonchev–Trinajstić information content (AvgIpc) is 2.94. The molecule has 3 rings (SSSR count). The summed E-state index contributed by atoms with van der Waals surface area (Å²) >= 11 is 0. The largest absolute Gasteiger partial charge is 0.355 e. The molecule has 130 valence electrons.